The largest absolute Gasteiger partial charge is 0.492 e. The summed E-state index contributed by atoms with van der Waals surface area (Å²) in [5.41, 5.74) is 0. The molecule has 1 N–H and O–H groups in total. The van der Waals surface area contributed by atoms with Crippen molar-refractivity contribution in [2.45, 2.75) is 0 Å². The number of rotatable bonds is 7. The lowest BCUT2D eigenvalue weighted by molar-refractivity contribution is -0.123. The molecule has 122 valence electrons. The molecule has 0 fully saturated rings. The fourth-order valence-corrected chi connectivity index (χ4v) is 2.35. The van der Waals surface area contributed by atoms with Crippen molar-refractivity contribution in [2.24, 2.45) is 0 Å². The highest BCUT2D eigenvalue weighted by molar-refractivity contribution is 6.35. The van der Waals surface area contributed by atoms with E-state index in [1.807, 2.05) is 0 Å². The molecule has 0 aliphatic rings. The molecule has 23 heavy (non-hydrogen) atoms. The maximum atomic E-state index is 11.7. The molecule has 0 spiro atoms. The monoisotopic (exact) mass is 373 g/mol. The average Bonchev–Trinajstić information content (AvgIpc) is 2.51. The lowest BCUT2D eigenvalue weighted by Gasteiger charge is -2.10. The van der Waals surface area contributed by atoms with Crippen LogP contribution in [0.5, 0.6) is 11.5 Å². The van der Waals surface area contributed by atoms with E-state index >= 15 is 0 Å². The SMILES string of the molecule is O=C(COc1ccc(Cl)cc1Cl)NCCOc1cccc(Cl)c1. The summed E-state index contributed by atoms with van der Waals surface area (Å²) in [6, 6.07) is 11.8. The minimum Gasteiger partial charge on any atom is -0.492 e. The van der Waals surface area contributed by atoms with Crippen LogP contribution < -0.4 is 14.8 Å². The first-order valence-electron chi connectivity index (χ1n) is 6.77. The molecule has 0 bridgehead atoms. The summed E-state index contributed by atoms with van der Waals surface area (Å²) >= 11 is 17.6. The summed E-state index contributed by atoms with van der Waals surface area (Å²) in [6.45, 7) is 0.537. The Kier molecular flexibility index (Phi) is 6.84. The highest BCUT2D eigenvalue weighted by atomic mass is 35.5. The minimum absolute atomic E-state index is 0.140. The maximum absolute atomic E-state index is 11.7. The fourth-order valence-electron chi connectivity index (χ4n) is 1.70. The van der Waals surface area contributed by atoms with Crippen molar-refractivity contribution in [1.29, 1.82) is 0 Å². The van der Waals surface area contributed by atoms with Crippen molar-refractivity contribution in [3.63, 3.8) is 0 Å². The van der Waals surface area contributed by atoms with Gasteiger partial charge in [-0.25, -0.2) is 0 Å². The molecule has 4 nitrogen and oxygen atoms in total. The Morgan fingerprint density at radius 2 is 1.78 bits per heavy atom. The van der Waals surface area contributed by atoms with Gasteiger partial charge in [-0.1, -0.05) is 40.9 Å². The lowest BCUT2D eigenvalue weighted by Crippen LogP contribution is -2.32. The van der Waals surface area contributed by atoms with Gasteiger partial charge >= 0.3 is 0 Å². The number of hydrogen-bond acceptors (Lipinski definition) is 3. The van der Waals surface area contributed by atoms with Crippen LogP contribution in [0.3, 0.4) is 0 Å². The molecule has 0 aromatic heterocycles. The van der Waals surface area contributed by atoms with Crippen molar-refractivity contribution < 1.29 is 14.3 Å². The van der Waals surface area contributed by atoms with Crippen LogP contribution in [-0.2, 0) is 4.79 Å². The molecule has 2 aromatic carbocycles. The Bertz CT molecular complexity index is 679. The Morgan fingerprint density at radius 3 is 2.52 bits per heavy atom. The van der Waals surface area contributed by atoms with Crippen molar-refractivity contribution >= 4 is 40.7 Å². The first-order chi connectivity index (χ1) is 11.0. The number of nitrogens with one attached hydrogen (secondary N) is 1. The third-order valence-electron chi connectivity index (χ3n) is 2.74. The van der Waals surface area contributed by atoms with Gasteiger partial charge < -0.3 is 14.8 Å². The number of amides is 1. The molecule has 0 aliphatic carbocycles. The molecule has 2 rings (SSSR count). The molecule has 0 heterocycles. The first kappa shape index (κ1) is 17.7. The smallest absolute Gasteiger partial charge is 0.258 e. The van der Waals surface area contributed by atoms with E-state index in [0.29, 0.717) is 39.7 Å². The summed E-state index contributed by atoms with van der Waals surface area (Å²) in [7, 11) is 0. The van der Waals surface area contributed by atoms with Crippen molar-refractivity contribution in [3.05, 3.63) is 57.5 Å². The van der Waals surface area contributed by atoms with E-state index in [-0.39, 0.29) is 12.5 Å². The van der Waals surface area contributed by atoms with E-state index in [9.17, 15) is 4.79 Å². The predicted molar refractivity (Wildman–Crippen MR) is 91.9 cm³/mol. The van der Waals surface area contributed by atoms with Gasteiger partial charge in [0.1, 0.15) is 18.1 Å². The third-order valence-corrected chi connectivity index (χ3v) is 3.51. The zero-order valence-corrected chi connectivity index (χ0v) is 14.3. The van der Waals surface area contributed by atoms with E-state index < -0.39 is 0 Å². The number of ether oxygens (including phenoxy) is 2. The first-order valence-corrected chi connectivity index (χ1v) is 7.91. The Hall–Kier alpha value is -1.62. The number of carbonyl (C=O) groups is 1. The summed E-state index contributed by atoms with van der Waals surface area (Å²) in [4.78, 5) is 11.7. The maximum Gasteiger partial charge on any atom is 0.258 e. The van der Waals surface area contributed by atoms with E-state index in [0.717, 1.165) is 0 Å². The van der Waals surface area contributed by atoms with Crippen LogP contribution in [0.2, 0.25) is 15.1 Å². The van der Waals surface area contributed by atoms with Crippen LogP contribution in [0.1, 0.15) is 0 Å². The molecular weight excluding hydrogens is 361 g/mol. The summed E-state index contributed by atoms with van der Waals surface area (Å²) in [5.74, 6) is 0.781. The van der Waals surface area contributed by atoms with Gasteiger partial charge in [0.15, 0.2) is 6.61 Å². The molecule has 7 heteroatoms. The standard InChI is InChI=1S/C16H14Cl3NO3/c17-11-2-1-3-13(8-11)22-7-6-20-16(21)10-23-15-5-4-12(18)9-14(15)19/h1-5,8-9H,6-7,10H2,(H,20,21). The van der Waals surface area contributed by atoms with Gasteiger partial charge in [-0.2, -0.15) is 0 Å². The predicted octanol–water partition coefficient (Wildman–Crippen LogP) is 4.22. The fraction of sp³-hybridized carbons (Fsp3) is 0.188. The second kappa shape index (κ2) is 8.87. The lowest BCUT2D eigenvalue weighted by atomic mass is 10.3. The third kappa shape index (κ3) is 6.18. The van der Waals surface area contributed by atoms with Gasteiger partial charge in [0.25, 0.3) is 5.91 Å². The molecule has 0 radical (unpaired) electrons. The van der Waals surface area contributed by atoms with Crippen LogP contribution >= 0.6 is 34.8 Å². The molecule has 1 amide bonds. The second-order valence-corrected chi connectivity index (χ2v) is 5.80. The van der Waals surface area contributed by atoms with Gasteiger partial charge in [-0.3, -0.25) is 4.79 Å². The van der Waals surface area contributed by atoms with Gasteiger partial charge in [-0.15, -0.1) is 0 Å². The van der Waals surface area contributed by atoms with Crippen molar-refractivity contribution in [3.8, 4) is 11.5 Å². The van der Waals surface area contributed by atoms with Crippen LogP contribution in [0.4, 0.5) is 0 Å². The minimum atomic E-state index is -0.272. The topological polar surface area (TPSA) is 47.6 Å². The Balaban J connectivity index is 1.67. The number of hydrogen-bond donors (Lipinski definition) is 1. The summed E-state index contributed by atoms with van der Waals surface area (Å²) in [6.07, 6.45) is 0. The highest BCUT2D eigenvalue weighted by Crippen LogP contribution is 2.27. The van der Waals surface area contributed by atoms with Gasteiger partial charge in [0, 0.05) is 10.0 Å². The molecule has 0 aliphatic heterocycles. The molecular formula is C16H14Cl3NO3. The molecule has 0 unspecified atom stereocenters. The summed E-state index contributed by atoms with van der Waals surface area (Å²) in [5, 5.41) is 4.14. The second-order valence-electron chi connectivity index (χ2n) is 4.52. The number of carbonyl (C=O) groups excluding carboxylic acids is 1. The Labute approximate surface area is 149 Å². The molecule has 0 saturated carbocycles. The van der Waals surface area contributed by atoms with Crippen LogP contribution in [-0.4, -0.2) is 25.7 Å². The van der Waals surface area contributed by atoms with E-state index in [4.69, 9.17) is 44.3 Å². The van der Waals surface area contributed by atoms with Crippen molar-refractivity contribution in [2.75, 3.05) is 19.8 Å². The van der Waals surface area contributed by atoms with Crippen LogP contribution in [0.25, 0.3) is 0 Å². The van der Waals surface area contributed by atoms with Gasteiger partial charge in [0.2, 0.25) is 0 Å². The van der Waals surface area contributed by atoms with E-state index in [1.54, 1.807) is 42.5 Å². The zero-order valence-electron chi connectivity index (χ0n) is 12.0. The van der Waals surface area contributed by atoms with Gasteiger partial charge in [0.05, 0.1) is 11.6 Å². The molecule has 0 saturated heterocycles. The zero-order chi connectivity index (χ0) is 16.7. The number of halogens is 3. The van der Waals surface area contributed by atoms with Gasteiger partial charge in [-0.05, 0) is 36.4 Å². The highest BCUT2D eigenvalue weighted by Gasteiger charge is 2.06. The van der Waals surface area contributed by atoms with Crippen molar-refractivity contribution in [1.82, 2.24) is 5.32 Å². The molecule has 0 atom stereocenters. The van der Waals surface area contributed by atoms with Crippen LogP contribution in [0.15, 0.2) is 42.5 Å². The number of benzene rings is 2. The average molecular weight is 375 g/mol. The summed E-state index contributed by atoms with van der Waals surface area (Å²) < 4.78 is 10.8. The van der Waals surface area contributed by atoms with E-state index in [2.05, 4.69) is 5.32 Å². The van der Waals surface area contributed by atoms with E-state index in [1.165, 1.54) is 0 Å². The molecule has 2 aromatic rings. The normalized spacial score (nSPS) is 10.2. The Morgan fingerprint density at radius 1 is 1.00 bits per heavy atom. The quantitative estimate of drug-likeness (QED) is 0.738. The van der Waals surface area contributed by atoms with Crippen LogP contribution in [0, 0.1) is 0 Å².